The van der Waals surface area contributed by atoms with Crippen LogP contribution in [0.15, 0.2) is 52.9 Å². The molecule has 2 aromatic carbocycles. The van der Waals surface area contributed by atoms with Crippen LogP contribution >= 0.6 is 0 Å². The van der Waals surface area contributed by atoms with Gasteiger partial charge in [0.15, 0.2) is 0 Å². The number of ether oxygens (including phenoxy) is 1. The normalized spacial score (nSPS) is 11.2. The van der Waals surface area contributed by atoms with Crippen molar-refractivity contribution in [3.63, 3.8) is 0 Å². The number of rotatable bonds is 7. The number of halogens is 3. The summed E-state index contributed by atoms with van der Waals surface area (Å²) in [5.74, 6) is 0.682. The molecule has 2 N–H and O–H groups in total. The van der Waals surface area contributed by atoms with Gasteiger partial charge in [-0.15, -0.1) is 10.2 Å². The van der Waals surface area contributed by atoms with Crippen LogP contribution in [0.3, 0.4) is 0 Å². The van der Waals surface area contributed by atoms with Gasteiger partial charge in [-0.3, -0.25) is 0 Å². The number of carbonyl (C=O) groups excluding carboxylic acids is 1. The molecule has 0 spiro atoms. The van der Waals surface area contributed by atoms with Gasteiger partial charge < -0.3 is 19.8 Å². The number of para-hydroxylation sites is 1. The number of methoxy groups -OCH3 is 1. The number of amides is 1. The zero-order valence-corrected chi connectivity index (χ0v) is 16.0. The Morgan fingerprint density at radius 3 is 2.53 bits per heavy atom. The molecular formula is C20H19F3N4O3. The first-order valence-electron chi connectivity index (χ1n) is 9.04. The van der Waals surface area contributed by atoms with Gasteiger partial charge in [-0.1, -0.05) is 12.1 Å². The number of nitrogens with zero attached hydrogens (tertiary/aromatic N) is 2. The van der Waals surface area contributed by atoms with Crippen molar-refractivity contribution in [1.29, 1.82) is 0 Å². The minimum absolute atomic E-state index is 0.279. The van der Waals surface area contributed by atoms with E-state index in [1.54, 1.807) is 24.3 Å². The Morgan fingerprint density at radius 1 is 1.10 bits per heavy atom. The summed E-state index contributed by atoms with van der Waals surface area (Å²) in [5, 5.41) is 13.7. The van der Waals surface area contributed by atoms with Crippen LogP contribution in [0.4, 0.5) is 29.3 Å². The number of aryl methyl sites for hydroxylation is 1. The lowest BCUT2D eigenvalue weighted by molar-refractivity contribution is -0.137. The third kappa shape index (κ3) is 5.49. The second-order valence-electron chi connectivity index (χ2n) is 6.27. The Balaban J connectivity index is 1.68. The van der Waals surface area contributed by atoms with Crippen LogP contribution in [-0.2, 0) is 17.3 Å². The minimum Gasteiger partial charge on any atom is -0.453 e. The van der Waals surface area contributed by atoms with Gasteiger partial charge in [0.25, 0.3) is 0 Å². The second-order valence-corrected chi connectivity index (χ2v) is 6.27. The molecule has 0 saturated carbocycles. The van der Waals surface area contributed by atoms with E-state index in [0.29, 0.717) is 42.2 Å². The summed E-state index contributed by atoms with van der Waals surface area (Å²) < 4.78 is 48.4. The second kappa shape index (κ2) is 9.29. The van der Waals surface area contributed by atoms with Crippen molar-refractivity contribution in [3.8, 4) is 11.5 Å². The maximum atomic E-state index is 12.7. The van der Waals surface area contributed by atoms with Crippen molar-refractivity contribution < 1.29 is 27.1 Å². The third-order valence-corrected chi connectivity index (χ3v) is 4.14. The quantitative estimate of drug-likeness (QED) is 0.535. The number of hydrogen-bond acceptors (Lipinski definition) is 6. The predicted octanol–water partition coefficient (Wildman–Crippen LogP) is 4.79. The van der Waals surface area contributed by atoms with Gasteiger partial charge in [-0.05, 0) is 42.8 Å². The number of nitrogens with one attached hydrogen (secondary N) is 2. The average molecular weight is 420 g/mol. The highest BCUT2D eigenvalue weighted by atomic mass is 19.4. The Kier molecular flexibility index (Phi) is 6.55. The lowest BCUT2D eigenvalue weighted by Crippen LogP contribution is -2.24. The van der Waals surface area contributed by atoms with Crippen LogP contribution in [0, 0.1) is 0 Å². The van der Waals surface area contributed by atoms with Crippen molar-refractivity contribution in [2.24, 2.45) is 0 Å². The topological polar surface area (TPSA) is 89.3 Å². The first-order valence-corrected chi connectivity index (χ1v) is 9.04. The SMILES string of the molecule is COC(=O)NCCCc1nnc(-c2ccccc2Nc2ccc(C(F)(F)F)cc2)o1. The van der Waals surface area contributed by atoms with Gasteiger partial charge in [0.05, 0.1) is 23.9 Å². The Labute approximate surface area is 170 Å². The maximum Gasteiger partial charge on any atom is 0.416 e. The molecule has 0 aliphatic carbocycles. The van der Waals surface area contributed by atoms with Crippen LogP contribution in [0.1, 0.15) is 17.9 Å². The third-order valence-electron chi connectivity index (χ3n) is 4.14. The Bertz CT molecular complexity index is 987. The molecule has 0 unspecified atom stereocenters. The maximum absolute atomic E-state index is 12.7. The molecule has 0 atom stereocenters. The number of alkyl halides is 3. The van der Waals surface area contributed by atoms with Crippen molar-refractivity contribution >= 4 is 17.5 Å². The van der Waals surface area contributed by atoms with Gasteiger partial charge >= 0.3 is 12.3 Å². The molecule has 0 bridgehead atoms. The van der Waals surface area contributed by atoms with E-state index in [-0.39, 0.29) is 5.89 Å². The average Bonchev–Trinajstić information content (AvgIpc) is 3.20. The summed E-state index contributed by atoms with van der Waals surface area (Å²) in [6.45, 7) is 0.399. The minimum atomic E-state index is -4.39. The summed E-state index contributed by atoms with van der Waals surface area (Å²) in [6, 6.07) is 11.8. The van der Waals surface area contributed by atoms with E-state index in [0.717, 1.165) is 12.1 Å². The molecule has 0 fully saturated rings. The van der Waals surface area contributed by atoms with E-state index in [9.17, 15) is 18.0 Å². The molecule has 10 heteroatoms. The zero-order chi connectivity index (χ0) is 21.6. The summed E-state index contributed by atoms with van der Waals surface area (Å²) in [5.41, 5.74) is 0.997. The van der Waals surface area contributed by atoms with Crippen LogP contribution in [-0.4, -0.2) is 29.9 Å². The first kappa shape index (κ1) is 21.2. The largest absolute Gasteiger partial charge is 0.453 e. The Morgan fingerprint density at radius 2 is 1.83 bits per heavy atom. The predicted molar refractivity (Wildman–Crippen MR) is 103 cm³/mol. The smallest absolute Gasteiger partial charge is 0.416 e. The van der Waals surface area contributed by atoms with E-state index in [4.69, 9.17) is 4.42 Å². The van der Waals surface area contributed by atoms with Crippen LogP contribution in [0.25, 0.3) is 11.5 Å². The summed E-state index contributed by atoms with van der Waals surface area (Å²) >= 11 is 0. The molecule has 30 heavy (non-hydrogen) atoms. The molecule has 0 aliphatic rings. The molecule has 1 heterocycles. The van der Waals surface area contributed by atoms with Crippen molar-refractivity contribution in [3.05, 3.63) is 60.0 Å². The van der Waals surface area contributed by atoms with E-state index >= 15 is 0 Å². The highest BCUT2D eigenvalue weighted by Crippen LogP contribution is 2.32. The van der Waals surface area contributed by atoms with Crippen molar-refractivity contribution in [2.45, 2.75) is 19.0 Å². The van der Waals surface area contributed by atoms with Crippen LogP contribution < -0.4 is 10.6 Å². The molecule has 158 valence electrons. The number of alkyl carbamates (subject to hydrolysis) is 1. The molecule has 0 radical (unpaired) electrons. The van der Waals surface area contributed by atoms with Gasteiger partial charge in [-0.25, -0.2) is 4.79 Å². The van der Waals surface area contributed by atoms with Crippen molar-refractivity contribution in [2.75, 3.05) is 19.0 Å². The van der Waals surface area contributed by atoms with Crippen LogP contribution in [0.5, 0.6) is 0 Å². The van der Waals surface area contributed by atoms with Gasteiger partial charge in [0, 0.05) is 18.7 Å². The molecule has 7 nitrogen and oxygen atoms in total. The van der Waals surface area contributed by atoms with Crippen LogP contribution in [0.2, 0.25) is 0 Å². The molecule has 0 aliphatic heterocycles. The fourth-order valence-corrected chi connectivity index (χ4v) is 2.64. The Hall–Kier alpha value is -3.56. The first-order chi connectivity index (χ1) is 14.4. The number of aromatic nitrogens is 2. The fraction of sp³-hybridized carbons (Fsp3) is 0.250. The van der Waals surface area contributed by atoms with Gasteiger partial charge in [0.1, 0.15) is 0 Å². The zero-order valence-electron chi connectivity index (χ0n) is 16.0. The van der Waals surface area contributed by atoms with Gasteiger partial charge in [0.2, 0.25) is 11.8 Å². The highest BCUT2D eigenvalue weighted by molar-refractivity contribution is 5.76. The number of hydrogen-bond donors (Lipinski definition) is 2. The summed E-state index contributed by atoms with van der Waals surface area (Å²) in [6.07, 6.45) is -3.85. The van der Waals surface area contributed by atoms with E-state index < -0.39 is 17.8 Å². The van der Waals surface area contributed by atoms with E-state index in [1.165, 1.54) is 19.2 Å². The number of carbonyl (C=O) groups is 1. The summed E-state index contributed by atoms with van der Waals surface area (Å²) in [4.78, 5) is 11.0. The molecular weight excluding hydrogens is 401 g/mol. The molecule has 1 aromatic heterocycles. The van der Waals surface area contributed by atoms with Gasteiger partial charge in [-0.2, -0.15) is 13.2 Å². The number of benzene rings is 2. The lowest BCUT2D eigenvalue weighted by Gasteiger charge is -2.11. The van der Waals surface area contributed by atoms with Crippen molar-refractivity contribution in [1.82, 2.24) is 15.5 Å². The highest BCUT2D eigenvalue weighted by Gasteiger charge is 2.30. The fourth-order valence-electron chi connectivity index (χ4n) is 2.64. The summed E-state index contributed by atoms with van der Waals surface area (Å²) in [7, 11) is 1.29. The molecule has 0 saturated heterocycles. The monoisotopic (exact) mass is 420 g/mol. The van der Waals surface area contributed by atoms with E-state index in [2.05, 4.69) is 25.6 Å². The number of anilines is 2. The molecule has 3 aromatic rings. The molecule has 1 amide bonds. The van der Waals surface area contributed by atoms with E-state index in [1.807, 2.05) is 0 Å². The lowest BCUT2D eigenvalue weighted by atomic mass is 10.1. The molecule has 3 rings (SSSR count). The standard InChI is InChI=1S/C20H19F3N4O3/c1-29-19(28)24-12-4-7-17-26-27-18(30-17)15-5-2-3-6-16(15)25-14-10-8-13(9-11-14)20(21,22)23/h2-3,5-6,8-11,25H,4,7,12H2,1H3,(H,24,28).